The standard InChI is InChI=1S/C23H27Cl2N5O2/c24-15-3-1-14(2-4-15)12-30-18-6-7-19(30)11-17(10-18)28-22(31)13-32-21-8-5-16(25)9-20(21)29-23(26)27/h1-5,8-9,17-19H,6-7,10-13H2,(H,28,31)(H4,26,27,29)/t17?,18-,19+. The molecule has 2 aromatic rings. The van der Waals surface area contributed by atoms with Crippen LogP contribution in [0.5, 0.6) is 5.75 Å². The molecule has 2 bridgehead atoms. The number of guanidine groups is 1. The van der Waals surface area contributed by atoms with Crippen molar-refractivity contribution in [1.82, 2.24) is 10.2 Å². The molecule has 32 heavy (non-hydrogen) atoms. The molecule has 2 fully saturated rings. The summed E-state index contributed by atoms with van der Waals surface area (Å²) in [4.78, 5) is 19.1. The summed E-state index contributed by atoms with van der Waals surface area (Å²) in [6, 6.07) is 14.0. The molecule has 1 amide bonds. The Labute approximate surface area is 197 Å². The summed E-state index contributed by atoms with van der Waals surface area (Å²) in [6.07, 6.45) is 4.20. The van der Waals surface area contributed by atoms with Gasteiger partial charge in [0.15, 0.2) is 12.6 Å². The van der Waals surface area contributed by atoms with Gasteiger partial charge in [-0.25, -0.2) is 4.99 Å². The summed E-state index contributed by atoms with van der Waals surface area (Å²) >= 11 is 12.0. The van der Waals surface area contributed by atoms with Crippen LogP contribution < -0.4 is 21.5 Å². The number of piperidine rings is 1. The zero-order valence-corrected chi connectivity index (χ0v) is 19.1. The van der Waals surface area contributed by atoms with Gasteiger partial charge < -0.3 is 21.5 Å². The first-order chi connectivity index (χ1) is 15.4. The lowest BCUT2D eigenvalue weighted by Crippen LogP contribution is -2.50. The number of hydrogen-bond donors (Lipinski definition) is 3. The van der Waals surface area contributed by atoms with Crippen molar-refractivity contribution in [3.05, 3.63) is 58.1 Å². The molecule has 0 radical (unpaired) electrons. The monoisotopic (exact) mass is 475 g/mol. The van der Waals surface area contributed by atoms with Crippen LogP contribution >= 0.6 is 23.2 Å². The van der Waals surface area contributed by atoms with Crippen molar-refractivity contribution in [2.45, 2.75) is 50.4 Å². The minimum atomic E-state index is -0.161. The van der Waals surface area contributed by atoms with Gasteiger partial charge in [0.05, 0.1) is 0 Å². The highest BCUT2D eigenvalue weighted by atomic mass is 35.5. The SMILES string of the molecule is NC(N)=Nc1cc(Cl)ccc1OCC(=O)NC1C[C@H]2CC[C@@H](C1)N2Cc1ccc(Cl)cc1. The predicted octanol–water partition coefficient (Wildman–Crippen LogP) is 3.59. The maximum absolute atomic E-state index is 12.5. The lowest BCUT2D eigenvalue weighted by molar-refractivity contribution is -0.124. The van der Waals surface area contributed by atoms with Gasteiger partial charge in [-0.05, 0) is 61.6 Å². The molecule has 2 aliphatic rings. The van der Waals surface area contributed by atoms with E-state index in [0.29, 0.717) is 28.5 Å². The Kier molecular flexibility index (Phi) is 7.08. The largest absolute Gasteiger partial charge is 0.482 e. The number of carbonyl (C=O) groups is 1. The van der Waals surface area contributed by atoms with Crippen LogP contribution in [-0.4, -0.2) is 41.5 Å². The van der Waals surface area contributed by atoms with Gasteiger partial charge in [-0.3, -0.25) is 9.69 Å². The fraction of sp³-hybridized carbons (Fsp3) is 0.391. The number of amides is 1. The summed E-state index contributed by atoms with van der Waals surface area (Å²) in [7, 11) is 0. The molecule has 2 aliphatic heterocycles. The Morgan fingerprint density at radius 2 is 1.72 bits per heavy atom. The topological polar surface area (TPSA) is 106 Å². The van der Waals surface area contributed by atoms with Crippen LogP contribution in [0.3, 0.4) is 0 Å². The molecular weight excluding hydrogens is 449 g/mol. The summed E-state index contributed by atoms with van der Waals surface area (Å²) in [6.45, 7) is 0.801. The minimum absolute atomic E-state index is 0.109. The fourth-order valence-corrected chi connectivity index (χ4v) is 4.99. The number of nitrogens with zero attached hydrogens (tertiary/aromatic N) is 2. The quantitative estimate of drug-likeness (QED) is 0.419. The number of fused-ring (bicyclic) bond motifs is 2. The van der Waals surface area contributed by atoms with E-state index in [9.17, 15) is 4.79 Å². The first-order valence-corrected chi connectivity index (χ1v) is 11.4. The van der Waals surface area contributed by atoms with Crippen molar-refractivity contribution in [3.8, 4) is 5.75 Å². The van der Waals surface area contributed by atoms with Gasteiger partial charge in [0.1, 0.15) is 11.4 Å². The lowest BCUT2D eigenvalue weighted by Gasteiger charge is -2.39. The minimum Gasteiger partial charge on any atom is -0.482 e. The van der Waals surface area contributed by atoms with Crippen LogP contribution in [0.25, 0.3) is 0 Å². The van der Waals surface area contributed by atoms with E-state index in [2.05, 4.69) is 27.3 Å². The zero-order chi connectivity index (χ0) is 22.7. The number of hydrogen-bond acceptors (Lipinski definition) is 4. The van der Waals surface area contributed by atoms with Crippen molar-refractivity contribution >= 4 is 40.8 Å². The Morgan fingerprint density at radius 3 is 2.38 bits per heavy atom. The van der Waals surface area contributed by atoms with Crippen LogP contribution in [-0.2, 0) is 11.3 Å². The van der Waals surface area contributed by atoms with E-state index in [1.54, 1.807) is 18.2 Å². The van der Waals surface area contributed by atoms with E-state index in [1.165, 1.54) is 5.56 Å². The van der Waals surface area contributed by atoms with Gasteiger partial charge in [-0.15, -0.1) is 0 Å². The van der Waals surface area contributed by atoms with Gasteiger partial charge in [-0.2, -0.15) is 0 Å². The Morgan fingerprint density at radius 1 is 1.06 bits per heavy atom. The van der Waals surface area contributed by atoms with E-state index >= 15 is 0 Å². The second-order valence-electron chi connectivity index (χ2n) is 8.36. The molecule has 9 heteroatoms. The Balaban J connectivity index is 1.30. The number of ether oxygens (including phenoxy) is 1. The Bertz CT molecular complexity index is 980. The molecule has 1 unspecified atom stereocenters. The smallest absolute Gasteiger partial charge is 0.258 e. The molecule has 7 nitrogen and oxygen atoms in total. The highest BCUT2D eigenvalue weighted by Gasteiger charge is 2.40. The number of nitrogens with two attached hydrogens (primary N) is 2. The third-order valence-electron chi connectivity index (χ3n) is 6.06. The zero-order valence-electron chi connectivity index (χ0n) is 17.6. The third kappa shape index (κ3) is 5.65. The fourth-order valence-electron chi connectivity index (χ4n) is 4.70. The highest BCUT2D eigenvalue weighted by Crippen LogP contribution is 2.37. The summed E-state index contributed by atoms with van der Waals surface area (Å²) in [5.74, 6) is 0.129. The molecule has 5 N–H and O–H groups in total. The van der Waals surface area contributed by atoms with Crippen LogP contribution in [0.15, 0.2) is 47.5 Å². The van der Waals surface area contributed by atoms with Gasteiger partial charge in [0, 0.05) is 34.7 Å². The van der Waals surface area contributed by atoms with Crippen LogP contribution in [0, 0.1) is 0 Å². The van der Waals surface area contributed by atoms with Gasteiger partial charge in [-0.1, -0.05) is 35.3 Å². The van der Waals surface area contributed by atoms with Crippen LogP contribution in [0.4, 0.5) is 5.69 Å². The molecule has 2 aromatic carbocycles. The molecule has 2 heterocycles. The van der Waals surface area contributed by atoms with Gasteiger partial charge in [0.2, 0.25) is 0 Å². The first kappa shape index (κ1) is 22.7. The van der Waals surface area contributed by atoms with Crippen molar-refractivity contribution < 1.29 is 9.53 Å². The lowest BCUT2D eigenvalue weighted by atomic mass is 9.96. The Hall–Kier alpha value is -2.48. The summed E-state index contributed by atoms with van der Waals surface area (Å²) in [5.41, 5.74) is 12.6. The first-order valence-electron chi connectivity index (χ1n) is 10.7. The number of aliphatic imine (C=N–C) groups is 1. The number of halogens is 2. The van der Waals surface area contributed by atoms with E-state index < -0.39 is 0 Å². The molecule has 0 aliphatic carbocycles. The molecule has 3 atom stereocenters. The van der Waals surface area contributed by atoms with Crippen molar-refractivity contribution in [2.24, 2.45) is 16.5 Å². The number of nitrogens with one attached hydrogen (secondary N) is 1. The second kappa shape index (κ2) is 9.98. The average molecular weight is 476 g/mol. The predicted molar refractivity (Wildman–Crippen MR) is 127 cm³/mol. The summed E-state index contributed by atoms with van der Waals surface area (Å²) in [5, 5.41) is 4.36. The van der Waals surface area contributed by atoms with Crippen LogP contribution in [0.1, 0.15) is 31.2 Å². The maximum Gasteiger partial charge on any atom is 0.258 e. The van der Waals surface area contributed by atoms with Crippen molar-refractivity contribution in [3.63, 3.8) is 0 Å². The van der Waals surface area contributed by atoms with Gasteiger partial charge >= 0.3 is 0 Å². The average Bonchev–Trinajstić information content (AvgIpc) is 2.96. The normalized spacial score (nSPS) is 22.4. The van der Waals surface area contributed by atoms with E-state index in [0.717, 1.165) is 37.3 Å². The third-order valence-corrected chi connectivity index (χ3v) is 6.54. The number of benzene rings is 2. The molecule has 4 rings (SSSR count). The number of rotatable bonds is 7. The maximum atomic E-state index is 12.5. The molecule has 0 spiro atoms. The second-order valence-corrected chi connectivity index (χ2v) is 9.23. The van der Waals surface area contributed by atoms with Gasteiger partial charge in [0.25, 0.3) is 5.91 Å². The molecule has 170 valence electrons. The van der Waals surface area contributed by atoms with Crippen molar-refractivity contribution in [1.29, 1.82) is 0 Å². The molecular formula is C23H27Cl2N5O2. The highest BCUT2D eigenvalue weighted by molar-refractivity contribution is 6.31. The molecule has 2 saturated heterocycles. The number of carbonyl (C=O) groups excluding carboxylic acids is 1. The summed E-state index contributed by atoms with van der Waals surface area (Å²) < 4.78 is 5.67. The molecule has 0 saturated carbocycles. The van der Waals surface area contributed by atoms with E-state index in [4.69, 9.17) is 39.4 Å². The van der Waals surface area contributed by atoms with Crippen LogP contribution in [0.2, 0.25) is 10.0 Å². The van der Waals surface area contributed by atoms with E-state index in [1.807, 2.05) is 12.1 Å². The molecule has 0 aromatic heterocycles. The van der Waals surface area contributed by atoms with E-state index in [-0.39, 0.29) is 24.5 Å². The van der Waals surface area contributed by atoms with Crippen molar-refractivity contribution in [2.75, 3.05) is 6.61 Å².